The highest BCUT2D eigenvalue weighted by Crippen LogP contribution is 2.32. The van der Waals surface area contributed by atoms with E-state index in [9.17, 15) is 4.39 Å². The van der Waals surface area contributed by atoms with Gasteiger partial charge in [-0.3, -0.25) is 0 Å². The van der Waals surface area contributed by atoms with E-state index in [1.165, 1.54) is 21.9 Å². The molecule has 1 saturated heterocycles. The van der Waals surface area contributed by atoms with Crippen molar-refractivity contribution in [2.45, 2.75) is 12.6 Å². The van der Waals surface area contributed by atoms with Crippen LogP contribution in [0.5, 0.6) is 11.5 Å². The lowest BCUT2D eigenvalue weighted by Gasteiger charge is -2.32. The Morgan fingerprint density at radius 2 is 1.80 bits per heavy atom. The molecule has 3 heterocycles. The summed E-state index contributed by atoms with van der Waals surface area (Å²) in [6.07, 6.45) is 0. The van der Waals surface area contributed by atoms with E-state index in [0.29, 0.717) is 6.54 Å². The van der Waals surface area contributed by atoms with Gasteiger partial charge in [-0.2, -0.15) is 0 Å². The zero-order valence-electron chi connectivity index (χ0n) is 16.8. The molecule has 2 aromatic carbocycles. The summed E-state index contributed by atoms with van der Waals surface area (Å²) >= 11 is 0. The maximum Gasteiger partial charge on any atom is 0.231 e. The van der Waals surface area contributed by atoms with Gasteiger partial charge in [0.2, 0.25) is 12.6 Å². The van der Waals surface area contributed by atoms with Gasteiger partial charge < -0.3 is 19.3 Å². The van der Waals surface area contributed by atoms with E-state index in [4.69, 9.17) is 9.47 Å². The molecule has 1 aromatic heterocycles. The molecule has 0 amide bonds. The van der Waals surface area contributed by atoms with Crippen molar-refractivity contribution < 1.29 is 23.7 Å². The Morgan fingerprint density at radius 3 is 2.60 bits per heavy atom. The molecular weight excluding hydrogens is 387 g/mol. The Labute approximate surface area is 173 Å². The predicted molar refractivity (Wildman–Crippen MR) is 105 cm³/mol. The van der Waals surface area contributed by atoms with Gasteiger partial charge in [-0.15, -0.1) is 5.10 Å². The van der Waals surface area contributed by atoms with E-state index in [-0.39, 0.29) is 18.7 Å². The molecule has 3 aromatic rings. The quantitative estimate of drug-likeness (QED) is 0.568. The largest absolute Gasteiger partial charge is 0.454 e. The van der Waals surface area contributed by atoms with Crippen LogP contribution in [0.3, 0.4) is 0 Å². The van der Waals surface area contributed by atoms with Crippen molar-refractivity contribution in [2.75, 3.05) is 40.0 Å². The SMILES string of the molecule is C[NH+]1CC[NH+]([C@H](c2ccc(F)cc2)c2nnnn2Cc2ccc3c(c2)OCO3)CC1. The summed E-state index contributed by atoms with van der Waals surface area (Å²) in [7, 11) is 2.22. The molecule has 2 aliphatic heterocycles. The van der Waals surface area contributed by atoms with Gasteiger partial charge in [0.25, 0.3) is 0 Å². The number of aromatic nitrogens is 4. The van der Waals surface area contributed by atoms with Crippen molar-refractivity contribution in [1.29, 1.82) is 0 Å². The van der Waals surface area contributed by atoms with Crippen LogP contribution in [0.4, 0.5) is 4.39 Å². The Balaban J connectivity index is 1.47. The molecule has 0 saturated carbocycles. The summed E-state index contributed by atoms with van der Waals surface area (Å²) in [4.78, 5) is 2.92. The molecule has 156 valence electrons. The molecule has 1 atom stereocenters. The van der Waals surface area contributed by atoms with Crippen LogP contribution < -0.4 is 19.3 Å². The van der Waals surface area contributed by atoms with Crippen molar-refractivity contribution in [3.05, 3.63) is 65.2 Å². The second-order valence-corrected chi connectivity index (χ2v) is 7.98. The fraction of sp³-hybridized carbons (Fsp3) is 0.381. The first-order valence-electron chi connectivity index (χ1n) is 10.2. The molecule has 2 N–H and O–H groups in total. The van der Waals surface area contributed by atoms with Gasteiger partial charge in [-0.25, -0.2) is 9.07 Å². The fourth-order valence-corrected chi connectivity index (χ4v) is 4.25. The number of halogens is 1. The third-order valence-corrected chi connectivity index (χ3v) is 5.94. The molecule has 1 fully saturated rings. The first kappa shape index (κ1) is 19.0. The molecule has 0 radical (unpaired) electrons. The zero-order valence-corrected chi connectivity index (χ0v) is 16.8. The van der Waals surface area contributed by atoms with Gasteiger partial charge in [0.05, 0.1) is 13.6 Å². The molecule has 0 spiro atoms. The molecule has 0 bridgehead atoms. The molecule has 2 aliphatic rings. The van der Waals surface area contributed by atoms with Crippen LogP contribution in [0.25, 0.3) is 0 Å². The number of nitrogens with one attached hydrogen (secondary N) is 2. The normalized spacial score (nSPS) is 21.5. The van der Waals surface area contributed by atoms with Gasteiger partial charge in [0, 0.05) is 5.56 Å². The van der Waals surface area contributed by atoms with Crippen LogP contribution in [0, 0.1) is 5.82 Å². The molecule has 8 nitrogen and oxygen atoms in total. The number of quaternary nitrogens is 2. The predicted octanol–water partition coefficient (Wildman–Crippen LogP) is -0.908. The third-order valence-electron chi connectivity index (χ3n) is 5.94. The Bertz CT molecular complexity index is 1020. The van der Waals surface area contributed by atoms with Crippen molar-refractivity contribution in [3.8, 4) is 11.5 Å². The number of rotatable bonds is 5. The monoisotopic (exact) mass is 412 g/mol. The minimum Gasteiger partial charge on any atom is -0.454 e. The van der Waals surface area contributed by atoms with Gasteiger partial charge in [0.1, 0.15) is 32.0 Å². The maximum absolute atomic E-state index is 13.6. The number of hydrogen-bond acceptors (Lipinski definition) is 5. The van der Waals surface area contributed by atoms with Gasteiger partial charge in [0.15, 0.2) is 17.5 Å². The van der Waals surface area contributed by atoms with Crippen molar-refractivity contribution in [1.82, 2.24) is 20.2 Å². The van der Waals surface area contributed by atoms with Crippen LogP contribution >= 0.6 is 0 Å². The Morgan fingerprint density at radius 1 is 1.03 bits per heavy atom. The fourth-order valence-electron chi connectivity index (χ4n) is 4.25. The second kappa shape index (κ2) is 8.00. The molecule has 5 rings (SSSR count). The van der Waals surface area contributed by atoms with Crippen molar-refractivity contribution >= 4 is 0 Å². The van der Waals surface area contributed by atoms with Crippen LogP contribution in [-0.4, -0.2) is 60.2 Å². The molecular formula is C21H25FN6O2+2. The summed E-state index contributed by atoms with van der Waals surface area (Å²) in [5.41, 5.74) is 2.05. The first-order chi connectivity index (χ1) is 14.7. The third kappa shape index (κ3) is 3.73. The maximum atomic E-state index is 13.6. The van der Waals surface area contributed by atoms with E-state index in [1.54, 1.807) is 0 Å². The standard InChI is InChI=1S/C21H23FN6O2/c1-26-8-10-27(11-9-26)20(16-3-5-17(22)6-4-16)21-23-24-25-28(21)13-15-2-7-18-19(12-15)30-14-29-18/h2-7,12,20H,8-11,13-14H2,1H3/p+2/t20-/m1/s1. The lowest BCUT2D eigenvalue weighted by Crippen LogP contribution is -3.27. The number of hydrogen-bond donors (Lipinski definition) is 2. The van der Waals surface area contributed by atoms with E-state index in [2.05, 4.69) is 22.6 Å². The lowest BCUT2D eigenvalue weighted by atomic mass is 10.0. The second-order valence-electron chi connectivity index (χ2n) is 7.98. The number of piperazine rings is 1. The summed E-state index contributed by atoms with van der Waals surface area (Å²) < 4.78 is 26.3. The number of fused-ring (bicyclic) bond motifs is 1. The van der Waals surface area contributed by atoms with Crippen molar-refractivity contribution in [3.63, 3.8) is 0 Å². The van der Waals surface area contributed by atoms with Crippen molar-refractivity contribution in [2.24, 2.45) is 0 Å². The lowest BCUT2D eigenvalue weighted by molar-refractivity contribution is -1.02. The van der Waals surface area contributed by atoms with E-state index < -0.39 is 0 Å². The van der Waals surface area contributed by atoms with Gasteiger partial charge in [-0.05, 0) is 52.4 Å². The number of likely N-dealkylation sites (N-methyl/N-ethyl adjacent to an activating group) is 1. The Hall–Kier alpha value is -3.04. The molecule has 0 aliphatic carbocycles. The molecule has 30 heavy (non-hydrogen) atoms. The van der Waals surface area contributed by atoms with Crippen LogP contribution in [0.1, 0.15) is 23.0 Å². The highest BCUT2D eigenvalue weighted by Gasteiger charge is 2.34. The zero-order chi connectivity index (χ0) is 20.5. The Kier molecular flexibility index (Phi) is 5.06. The first-order valence-corrected chi connectivity index (χ1v) is 10.2. The van der Waals surface area contributed by atoms with E-state index >= 15 is 0 Å². The minimum atomic E-state index is -0.240. The summed E-state index contributed by atoms with van der Waals surface area (Å²) in [5, 5.41) is 12.7. The van der Waals surface area contributed by atoms with E-state index in [0.717, 1.165) is 54.6 Å². The average Bonchev–Trinajstić information content (AvgIpc) is 3.40. The van der Waals surface area contributed by atoms with Gasteiger partial charge >= 0.3 is 0 Å². The van der Waals surface area contributed by atoms with Crippen LogP contribution in [0.15, 0.2) is 42.5 Å². The summed E-state index contributed by atoms with van der Waals surface area (Å²) in [6, 6.07) is 12.5. The average molecular weight is 412 g/mol. The number of tetrazole rings is 1. The number of nitrogens with zero attached hydrogens (tertiary/aromatic N) is 4. The highest BCUT2D eigenvalue weighted by molar-refractivity contribution is 5.44. The van der Waals surface area contributed by atoms with Crippen LogP contribution in [0.2, 0.25) is 0 Å². The number of ether oxygens (including phenoxy) is 2. The summed E-state index contributed by atoms with van der Waals surface area (Å²) in [5.74, 6) is 2.04. The van der Waals surface area contributed by atoms with E-state index in [1.807, 2.05) is 35.0 Å². The highest BCUT2D eigenvalue weighted by atomic mass is 19.1. The molecule has 9 heteroatoms. The topological polar surface area (TPSA) is 70.9 Å². The number of benzene rings is 2. The minimum absolute atomic E-state index is 0.0530. The molecule has 0 unspecified atom stereocenters. The summed E-state index contributed by atoms with van der Waals surface area (Å²) in [6.45, 7) is 4.94. The smallest absolute Gasteiger partial charge is 0.231 e. The van der Waals surface area contributed by atoms with Gasteiger partial charge in [-0.1, -0.05) is 6.07 Å². The van der Waals surface area contributed by atoms with Crippen LogP contribution in [-0.2, 0) is 6.54 Å².